The summed E-state index contributed by atoms with van der Waals surface area (Å²) in [7, 11) is 1.96. The molecule has 490 valence electrons. The Morgan fingerprint density at radius 2 is 1.51 bits per heavy atom. The fourth-order valence-corrected chi connectivity index (χ4v) is 21.3. The number of rotatable bonds is 4. The maximum absolute atomic E-state index is 16.4. The van der Waals surface area contributed by atoms with Crippen LogP contribution in [-0.4, -0.2) is 110 Å². The van der Waals surface area contributed by atoms with Gasteiger partial charge in [-0.3, -0.25) is 9.59 Å². The van der Waals surface area contributed by atoms with Crippen molar-refractivity contribution in [2.24, 2.45) is 64.6 Å². The average molecular weight is 1250 g/mol. The van der Waals surface area contributed by atoms with Crippen LogP contribution in [0.25, 0.3) is 0 Å². The summed E-state index contributed by atoms with van der Waals surface area (Å²) in [5.74, 6) is 12.0. The maximum Gasteiger partial charge on any atom is 0.334 e. The maximum atomic E-state index is 16.4. The standard InChI is InChI=1S/C78H96N2O12/c1-76(88)42-80-56-33-52(32-54(34-56)73(85)77(26-24-46(40-77)41-79-2)25-23-43-15-21-64-50(28-43)19-22-65(90-64)74(76)86)48-16-17-49-39-67(83)92-72-60(49)36-53(71(84)68(72)47-11-4-3-5-12-47)38-66-78(89)62-14-7-6-13-58(62)59-20-18-51-37-63(82)61(69(59)70(51)78)30-45-10-8-9-44(27-45)29-57(81)35-55(31-48)75(87)91-66/h8-10,27,32-36,43,46-51,57-59,61-62,64-66,69-70,73-74,79-81,84-86,88-89H,3-7,11-15,18-22,24,26,28-31,37-42H2,1-2H3/b55-35-/t43-,46-,48-,49+,50+,51+,57+,58-,59+,61-,62+,64-,65+,66+,69+,70+,73-,74-,76-,77-,78+/m0/s1. The lowest BCUT2D eigenvalue weighted by Crippen LogP contribution is -2.71. The van der Waals surface area contributed by atoms with Gasteiger partial charge in [0.1, 0.15) is 40.7 Å². The number of benzene rings is 3. The molecule has 8 fully saturated rings. The molecule has 1 saturated heterocycles. The molecule has 0 aromatic heterocycles. The zero-order valence-electron chi connectivity index (χ0n) is 53.9. The van der Waals surface area contributed by atoms with Gasteiger partial charge < -0.3 is 55.5 Å². The number of fused-ring (bicyclic) bond motifs is 12. The molecule has 7 saturated carbocycles. The number of phenolic OH excluding ortho intramolecular Hbond substituents is 1. The lowest BCUT2D eigenvalue weighted by Gasteiger charge is -2.66. The summed E-state index contributed by atoms with van der Waals surface area (Å²) in [5, 5.41) is 85.2. The van der Waals surface area contributed by atoms with Crippen LogP contribution in [-0.2, 0) is 43.1 Å². The van der Waals surface area contributed by atoms with E-state index in [1.165, 1.54) is 0 Å². The molecule has 1 spiro atoms. The summed E-state index contributed by atoms with van der Waals surface area (Å²) in [6, 6.07) is 15.8. The molecule has 7 heterocycles. The van der Waals surface area contributed by atoms with Crippen LogP contribution in [0.2, 0.25) is 0 Å². The number of ether oxygens (including phenoxy) is 3. The van der Waals surface area contributed by atoms with Gasteiger partial charge in [0.15, 0.2) is 0 Å². The number of phenols is 1. The van der Waals surface area contributed by atoms with Crippen LogP contribution in [0.1, 0.15) is 211 Å². The van der Waals surface area contributed by atoms with Crippen LogP contribution in [0.15, 0.2) is 60.2 Å². The second kappa shape index (κ2) is 24.9. The summed E-state index contributed by atoms with van der Waals surface area (Å²) in [6.07, 6.45) is 12.9. The predicted octanol–water partition coefficient (Wildman–Crippen LogP) is 10.5. The van der Waals surface area contributed by atoms with E-state index >= 15 is 4.79 Å². The van der Waals surface area contributed by atoms with Crippen LogP contribution in [0.5, 0.6) is 11.5 Å². The van der Waals surface area contributed by atoms with E-state index in [-0.39, 0.29) is 115 Å². The Hall–Kier alpha value is -5.55. The smallest absolute Gasteiger partial charge is 0.334 e. The minimum atomic E-state index is -1.66. The fraction of sp³-hybridized carbons (Fsp3) is 0.654. The number of ketones is 1. The molecule has 21 atom stereocenters. The van der Waals surface area contributed by atoms with Crippen LogP contribution in [0.3, 0.4) is 0 Å². The first-order valence-electron chi connectivity index (χ1n) is 35.8. The van der Waals surface area contributed by atoms with Crippen molar-refractivity contribution in [2.75, 3.05) is 25.5 Å². The molecule has 0 unspecified atom stereocenters. The highest BCUT2D eigenvalue weighted by molar-refractivity contribution is 5.89. The van der Waals surface area contributed by atoms with Crippen LogP contribution >= 0.6 is 0 Å². The molecule has 7 aliphatic carbocycles. The highest BCUT2D eigenvalue weighted by atomic mass is 16.6. The first-order valence-corrected chi connectivity index (χ1v) is 35.8. The van der Waals surface area contributed by atoms with Crippen molar-refractivity contribution in [3.05, 3.63) is 99.1 Å². The number of carbonyl (C=O) groups excluding carboxylic acids is 3. The average Bonchev–Trinajstić information content (AvgIpc) is 0.712. The van der Waals surface area contributed by atoms with Gasteiger partial charge in [0.25, 0.3) is 0 Å². The molecule has 0 radical (unpaired) electrons. The van der Waals surface area contributed by atoms with Crippen LogP contribution < -0.4 is 15.4 Å². The van der Waals surface area contributed by atoms with Crippen molar-refractivity contribution < 1.29 is 59.2 Å². The molecule has 7 aliphatic heterocycles. The third kappa shape index (κ3) is 11.4. The molecule has 18 bridgehead atoms. The van der Waals surface area contributed by atoms with Crippen molar-refractivity contribution in [2.45, 2.75) is 233 Å². The Labute approximate surface area is 542 Å². The summed E-state index contributed by atoms with van der Waals surface area (Å²) in [6.45, 7) is 2.32. The second-order valence-corrected chi connectivity index (χ2v) is 31.3. The summed E-state index contributed by atoms with van der Waals surface area (Å²) >= 11 is 0. The number of nitrogens with one attached hydrogen (secondary N) is 2. The Balaban J connectivity index is 0.930. The molecule has 0 amide bonds. The fourth-order valence-electron chi connectivity index (χ4n) is 21.3. The Kier molecular flexibility index (Phi) is 16.9. The Morgan fingerprint density at radius 3 is 2.35 bits per heavy atom. The molecule has 17 rings (SSSR count). The molecule has 8 N–H and O–H groups in total. The molecular weight excluding hydrogens is 1160 g/mol. The molecular formula is C78H96N2O12. The molecule has 92 heavy (non-hydrogen) atoms. The molecule has 3 aromatic carbocycles. The largest absolute Gasteiger partial charge is 0.507 e. The first-order chi connectivity index (χ1) is 44.4. The Morgan fingerprint density at radius 1 is 0.739 bits per heavy atom. The quantitative estimate of drug-likeness (QED) is 0.0692. The highest BCUT2D eigenvalue weighted by Crippen LogP contribution is 2.66. The number of carbonyl (C=O) groups is 3. The van der Waals surface area contributed by atoms with Gasteiger partial charge in [-0.2, -0.15) is 0 Å². The molecule has 14 heteroatoms. The topological polar surface area (TPSA) is 224 Å². The zero-order valence-corrected chi connectivity index (χ0v) is 53.9. The van der Waals surface area contributed by atoms with Crippen molar-refractivity contribution in [1.29, 1.82) is 0 Å². The van der Waals surface area contributed by atoms with E-state index in [0.29, 0.717) is 71.4 Å². The van der Waals surface area contributed by atoms with Gasteiger partial charge in [0.2, 0.25) is 0 Å². The van der Waals surface area contributed by atoms with E-state index in [2.05, 4.69) is 46.4 Å². The summed E-state index contributed by atoms with van der Waals surface area (Å²) < 4.78 is 20.3. The number of aromatic hydroxyl groups is 1. The van der Waals surface area contributed by atoms with Crippen molar-refractivity contribution >= 4 is 23.4 Å². The van der Waals surface area contributed by atoms with Crippen molar-refractivity contribution in [3.8, 4) is 35.2 Å². The number of anilines is 1. The summed E-state index contributed by atoms with van der Waals surface area (Å²) in [5.41, 5.74) is 1.30. The van der Waals surface area contributed by atoms with Crippen molar-refractivity contribution in [3.63, 3.8) is 0 Å². The highest BCUT2D eigenvalue weighted by Gasteiger charge is 2.69. The monoisotopic (exact) mass is 1250 g/mol. The van der Waals surface area contributed by atoms with Gasteiger partial charge >= 0.3 is 11.9 Å². The van der Waals surface area contributed by atoms with Gasteiger partial charge in [-0.1, -0.05) is 86.1 Å². The third-order valence-corrected chi connectivity index (χ3v) is 25.7. The van der Waals surface area contributed by atoms with Gasteiger partial charge in [-0.05, 0) is 229 Å². The van der Waals surface area contributed by atoms with E-state index in [4.69, 9.17) is 14.2 Å². The van der Waals surface area contributed by atoms with E-state index in [1.807, 2.05) is 43.4 Å². The van der Waals surface area contributed by atoms with E-state index < -0.39 is 76.8 Å². The number of aliphatic hydroxyl groups excluding tert-OH is 3. The number of Topliss-reactive ketones (excluding diaryl/α,β-unsaturated/α-hetero) is 1. The van der Waals surface area contributed by atoms with Gasteiger partial charge in [-0.15, -0.1) is 0 Å². The summed E-state index contributed by atoms with van der Waals surface area (Å²) in [4.78, 5) is 45.5. The normalized spacial score (nSPS) is 41.4. The number of aliphatic hydroxyl groups is 5. The SMILES string of the molecule is CNC[C@H]1CC[C@@]2(C#C[C@@H]3CC[C@@H]4O[C@H](CC[C@@H]4C3)[C@H](O)[C@@](C)(O)CNc3cc([C@H]4C#C[C@@H]5CC(=O)Oc6c5cc(c(O)c6C5CCCCC5)C[C@H]5OC(=O)/C(=C\[C@H](O)Cc6cccc(c6)C[C@H]6C(=O)C[C@H]7CC[C@@H]8[C@@H]9CCCC[C@H]9[C@]5(O)[C@H]7[C@H]86)C4)cc(c3)[C@@H]2O)C1. The van der Waals surface area contributed by atoms with E-state index in [0.717, 1.165) is 120 Å². The lowest BCUT2D eigenvalue weighted by atomic mass is 9.40. The second-order valence-electron chi connectivity index (χ2n) is 31.3. The first kappa shape index (κ1) is 62.6. The van der Waals surface area contributed by atoms with Gasteiger partial charge in [-0.25, -0.2) is 4.79 Å². The lowest BCUT2D eigenvalue weighted by molar-refractivity contribution is -0.265. The van der Waals surface area contributed by atoms with Gasteiger partial charge in [0, 0.05) is 65.9 Å². The van der Waals surface area contributed by atoms with Crippen molar-refractivity contribution in [1.82, 2.24) is 5.32 Å². The van der Waals surface area contributed by atoms with E-state index in [9.17, 15) is 40.2 Å². The van der Waals surface area contributed by atoms with Crippen LogP contribution in [0.4, 0.5) is 5.69 Å². The zero-order chi connectivity index (χ0) is 63.4. The number of hydrogen-bond acceptors (Lipinski definition) is 14. The minimum absolute atomic E-state index is 0.0133. The molecule has 14 nitrogen and oxygen atoms in total. The predicted molar refractivity (Wildman–Crippen MR) is 347 cm³/mol. The number of hydrogen-bond donors (Lipinski definition) is 8. The minimum Gasteiger partial charge on any atom is -0.507 e. The van der Waals surface area contributed by atoms with Crippen LogP contribution in [0, 0.1) is 88.3 Å². The molecule has 3 aromatic rings. The third-order valence-electron chi connectivity index (χ3n) is 25.7. The van der Waals surface area contributed by atoms with Gasteiger partial charge in [0.05, 0.1) is 42.2 Å². The number of esters is 2. The molecule has 14 aliphatic rings. The Bertz CT molecular complexity index is 3530. The van der Waals surface area contributed by atoms with E-state index in [1.54, 1.807) is 13.0 Å².